The van der Waals surface area contributed by atoms with Crippen molar-refractivity contribution in [3.8, 4) is 0 Å². The third kappa shape index (κ3) is 2.72. The zero-order valence-corrected chi connectivity index (χ0v) is 13.9. The molecule has 0 aliphatic heterocycles. The van der Waals surface area contributed by atoms with Gasteiger partial charge in [-0.05, 0) is 47.7 Å². The molecule has 2 aromatic carbocycles. The van der Waals surface area contributed by atoms with E-state index in [1.807, 2.05) is 48.5 Å². The summed E-state index contributed by atoms with van der Waals surface area (Å²) in [5.74, 6) is 0.952. The smallest absolute Gasteiger partial charge is 0.171 e. The topological polar surface area (TPSA) is 34.9 Å². The predicted octanol–water partition coefficient (Wildman–Crippen LogP) is 4.09. The van der Waals surface area contributed by atoms with Crippen LogP contribution in [0.15, 0.2) is 48.5 Å². The summed E-state index contributed by atoms with van der Waals surface area (Å²) in [5, 5.41) is 0. The van der Waals surface area contributed by atoms with Crippen molar-refractivity contribution in [2.45, 2.75) is 19.9 Å². The van der Waals surface area contributed by atoms with E-state index in [0.29, 0.717) is 6.42 Å². The van der Waals surface area contributed by atoms with Crippen molar-refractivity contribution in [1.29, 1.82) is 0 Å². The fourth-order valence-corrected chi connectivity index (χ4v) is 3.23. The summed E-state index contributed by atoms with van der Waals surface area (Å²) in [6, 6.07) is 15.7. The summed E-state index contributed by atoms with van der Waals surface area (Å²) in [5.41, 5.74) is 2.81. The molecule has 0 radical (unpaired) electrons. The molecule has 0 spiro atoms. The van der Waals surface area contributed by atoms with E-state index in [9.17, 15) is 4.79 Å². The molecule has 4 heteroatoms. The second-order valence-corrected chi connectivity index (χ2v) is 6.00. The van der Waals surface area contributed by atoms with E-state index < -0.39 is 0 Å². The van der Waals surface area contributed by atoms with Crippen LogP contribution < -0.4 is 0 Å². The predicted molar refractivity (Wildman–Crippen MR) is 92.6 cm³/mol. The van der Waals surface area contributed by atoms with Gasteiger partial charge in [-0.25, -0.2) is 4.98 Å². The third-order valence-electron chi connectivity index (χ3n) is 3.54. The number of nitrogens with zero attached hydrogens (tertiary/aromatic N) is 2. The Morgan fingerprint density at radius 2 is 1.86 bits per heavy atom. The fourth-order valence-electron chi connectivity index (χ4n) is 2.54. The van der Waals surface area contributed by atoms with Crippen molar-refractivity contribution in [2.24, 2.45) is 0 Å². The molecule has 0 N–H and O–H groups in total. The number of halogens is 1. The van der Waals surface area contributed by atoms with E-state index in [4.69, 9.17) is 0 Å². The van der Waals surface area contributed by atoms with Gasteiger partial charge in [0.15, 0.2) is 5.78 Å². The molecule has 0 atom stereocenters. The van der Waals surface area contributed by atoms with Crippen molar-refractivity contribution in [2.75, 3.05) is 0 Å². The Bertz CT molecular complexity index is 807. The molecule has 1 heterocycles. The van der Waals surface area contributed by atoms with Crippen LogP contribution in [0, 0.1) is 3.57 Å². The third-order valence-corrected chi connectivity index (χ3v) is 4.48. The number of imidazole rings is 1. The van der Waals surface area contributed by atoms with Crippen LogP contribution in [0.2, 0.25) is 0 Å². The molecule has 3 rings (SSSR count). The van der Waals surface area contributed by atoms with Crippen molar-refractivity contribution in [3.05, 3.63) is 63.5 Å². The summed E-state index contributed by atoms with van der Waals surface area (Å²) < 4.78 is 3.10. The second-order valence-electron chi connectivity index (χ2n) is 4.84. The minimum atomic E-state index is 0.116. The van der Waals surface area contributed by atoms with Crippen LogP contribution >= 0.6 is 22.6 Å². The maximum absolute atomic E-state index is 12.5. The number of benzene rings is 2. The van der Waals surface area contributed by atoms with E-state index in [1.54, 1.807) is 0 Å². The first kappa shape index (κ1) is 14.3. The number of ketones is 1. The Balaban J connectivity index is 1.98. The molecular formula is C17H15IN2O. The standard InChI is InChI=1S/C17H15IN2O/c1-2-20-15-10-6-5-9-14(15)19-17(20)11-16(21)12-7-3-4-8-13(12)18/h3-10H,2,11H2,1H3. The Morgan fingerprint density at radius 1 is 1.14 bits per heavy atom. The maximum Gasteiger partial charge on any atom is 0.171 e. The molecule has 1 aromatic heterocycles. The number of para-hydroxylation sites is 2. The summed E-state index contributed by atoms with van der Waals surface area (Å²) in [4.78, 5) is 17.1. The maximum atomic E-state index is 12.5. The number of aromatic nitrogens is 2. The van der Waals surface area contributed by atoms with Gasteiger partial charge >= 0.3 is 0 Å². The lowest BCUT2D eigenvalue weighted by molar-refractivity contribution is 0.0989. The Kier molecular flexibility index (Phi) is 4.05. The zero-order chi connectivity index (χ0) is 14.8. The zero-order valence-electron chi connectivity index (χ0n) is 11.7. The lowest BCUT2D eigenvalue weighted by Gasteiger charge is -2.06. The minimum absolute atomic E-state index is 0.116. The first-order valence-corrected chi connectivity index (χ1v) is 8.00. The van der Waals surface area contributed by atoms with Crippen LogP contribution in [0.5, 0.6) is 0 Å². The van der Waals surface area contributed by atoms with Gasteiger partial charge in [-0.15, -0.1) is 0 Å². The molecule has 3 aromatic rings. The number of hydrogen-bond donors (Lipinski definition) is 0. The normalized spacial score (nSPS) is 11.0. The van der Waals surface area contributed by atoms with Gasteiger partial charge in [-0.3, -0.25) is 4.79 Å². The van der Waals surface area contributed by atoms with Crippen molar-refractivity contribution in [3.63, 3.8) is 0 Å². The van der Waals surface area contributed by atoms with Crippen molar-refractivity contribution >= 4 is 39.4 Å². The molecule has 106 valence electrons. The molecule has 0 amide bonds. The highest BCUT2D eigenvalue weighted by Crippen LogP contribution is 2.19. The highest BCUT2D eigenvalue weighted by Gasteiger charge is 2.15. The summed E-state index contributed by atoms with van der Waals surface area (Å²) in [6.45, 7) is 2.89. The first-order chi connectivity index (χ1) is 10.2. The molecule has 0 aliphatic carbocycles. The summed E-state index contributed by atoms with van der Waals surface area (Å²) >= 11 is 2.20. The van der Waals surface area contributed by atoms with E-state index in [-0.39, 0.29) is 5.78 Å². The molecule has 3 nitrogen and oxygen atoms in total. The molecule has 0 unspecified atom stereocenters. The average molecular weight is 390 g/mol. The lowest BCUT2D eigenvalue weighted by atomic mass is 10.1. The van der Waals surface area contributed by atoms with Gasteiger partial charge in [0, 0.05) is 15.7 Å². The Labute approximate surface area is 137 Å². The SMILES string of the molecule is CCn1c(CC(=O)c2ccccc2I)nc2ccccc21. The van der Waals surface area contributed by atoms with Gasteiger partial charge in [0.2, 0.25) is 0 Å². The Morgan fingerprint density at radius 3 is 2.62 bits per heavy atom. The molecule has 21 heavy (non-hydrogen) atoms. The van der Waals surface area contributed by atoms with Gasteiger partial charge in [-0.2, -0.15) is 0 Å². The molecule has 0 saturated carbocycles. The summed E-state index contributed by atoms with van der Waals surface area (Å²) in [7, 11) is 0. The monoisotopic (exact) mass is 390 g/mol. The van der Waals surface area contributed by atoms with Crippen molar-refractivity contribution in [1.82, 2.24) is 9.55 Å². The molecule has 0 fully saturated rings. The van der Waals surface area contributed by atoms with Gasteiger partial charge in [-0.1, -0.05) is 30.3 Å². The largest absolute Gasteiger partial charge is 0.328 e. The average Bonchev–Trinajstić information content (AvgIpc) is 2.84. The fraction of sp³-hybridized carbons (Fsp3) is 0.176. The van der Waals surface area contributed by atoms with Gasteiger partial charge in [0.1, 0.15) is 5.82 Å². The number of carbonyl (C=O) groups excluding carboxylic acids is 1. The van der Waals surface area contributed by atoms with Crippen molar-refractivity contribution < 1.29 is 4.79 Å². The lowest BCUT2D eigenvalue weighted by Crippen LogP contribution is -2.11. The van der Waals surface area contributed by atoms with Crippen LogP contribution in [0.1, 0.15) is 23.1 Å². The van der Waals surface area contributed by atoms with E-state index in [0.717, 1.165) is 32.5 Å². The number of rotatable bonds is 4. The van der Waals surface area contributed by atoms with Crippen LogP contribution in [-0.4, -0.2) is 15.3 Å². The first-order valence-electron chi connectivity index (χ1n) is 6.92. The van der Waals surface area contributed by atoms with Gasteiger partial charge in [0.05, 0.1) is 17.5 Å². The summed E-state index contributed by atoms with van der Waals surface area (Å²) in [6.07, 6.45) is 0.336. The molecule has 0 aliphatic rings. The number of carbonyl (C=O) groups is 1. The molecular weight excluding hydrogens is 375 g/mol. The second kappa shape index (κ2) is 5.97. The van der Waals surface area contributed by atoms with Crippen LogP contribution in [0.4, 0.5) is 0 Å². The number of aryl methyl sites for hydroxylation is 1. The highest BCUT2D eigenvalue weighted by atomic mass is 127. The minimum Gasteiger partial charge on any atom is -0.328 e. The molecule has 0 bridgehead atoms. The van der Waals surface area contributed by atoms with E-state index in [2.05, 4.69) is 39.1 Å². The van der Waals surface area contributed by atoms with Crippen LogP contribution in [0.3, 0.4) is 0 Å². The van der Waals surface area contributed by atoms with E-state index >= 15 is 0 Å². The quantitative estimate of drug-likeness (QED) is 0.497. The van der Waals surface area contributed by atoms with Crippen LogP contribution in [-0.2, 0) is 13.0 Å². The van der Waals surface area contributed by atoms with Gasteiger partial charge in [0.25, 0.3) is 0 Å². The van der Waals surface area contributed by atoms with Gasteiger partial charge < -0.3 is 4.57 Å². The molecule has 0 saturated heterocycles. The Hall–Kier alpha value is -1.69. The number of hydrogen-bond acceptors (Lipinski definition) is 2. The number of fused-ring (bicyclic) bond motifs is 1. The van der Waals surface area contributed by atoms with E-state index in [1.165, 1.54) is 0 Å². The highest BCUT2D eigenvalue weighted by molar-refractivity contribution is 14.1. The number of Topliss-reactive ketones (excluding diaryl/α,β-unsaturated/α-hetero) is 1. The van der Waals surface area contributed by atoms with Crippen LogP contribution in [0.25, 0.3) is 11.0 Å².